The fourth-order valence-corrected chi connectivity index (χ4v) is 1.73. The number of hydrogen-bond acceptors (Lipinski definition) is 1. The Kier molecular flexibility index (Phi) is 3.70. The van der Waals surface area contributed by atoms with Crippen molar-refractivity contribution in [2.24, 2.45) is 0 Å². The Morgan fingerprint density at radius 1 is 1.50 bits per heavy atom. The Bertz CT molecular complexity index is 344. The summed E-state index contributed by atoms with van der Waals surface area (Å²) in [5.74, 6) is 0.506. The molecule has 1 aromatic rings. The summed E-state index contributed by atoms with van der Waals surface area (Å²) >= 11 is 6.09. The third-order valence-electron chi connectivity index (χ3n) is 2.55. The molecule has 76 valence electrons. The number of halogens is 1. The average molecular weight is 211 g/mol. The van der Waals surface area contributed by atoms with E-state index in [1.807, 2.05) is 12.1 Å². The van der Waals surface area contributed by atoms with Crippen molar-refractivity contribution in [3.8, 4) is 0 Å². The Hall–Kier alpha value is -0.820. The van der Waals surface area contributed by atoms with Crippen molar-refractivity contribution >= 4 is 17.4 Å². The maximum atomic E-state index is 11.1. The van der Waals surface area contributed by atoms with Gasteiger partial charge in [0.05, 0.1) is 0 Å². The van der Waals surface area contributed by atoms with Crippen LogP contribution in [0.1, 0.15) is 49.0 Å². The molecule has 0 aliphatic heterocycles. The minimum Gasteiger partial charge on any atom is -0.295 e. The summed E-state index contributed by atoms with van der Waals surface area (Å²) in [4.78, 5) is 11.1. The van der Waals surface area contributed by atoms with Crippen LogP contribution in [0.25, 0.3) is 0 Å². The second-order valence-corrected chi connectivity index (χ2v) is 4.01. The molecule has 0 fully saturated rings. The summed E-state index contributed by atoms with van der Waals surface area (Å²) in [6, 6.07) is 5.55. The lowest BCUT2D eigenvalue weighted by Crippen LogP contribution is -1.96. The molecule has 14 heavy (non-hydrogen) atoms. The van der Waals surface area contributed by atoms with Gasteiger partial charge in [0.1, 0.15) is 0 Å². The van der Waals surface area contributed by atoms with E-state index >= 15 is 0 Å². The lowest BCUT2D eigenvalue weighted by molar-refractivity contribution is 0.101. The Labute approximate surface area is 90.1 Å². The zero-order valence-electron chi connectivity index (χ0n) is 8.80. The molecule has 0 radical (unpaired) electrons. The molecule has 0 N–H and O–H groups in total. The van der Waals surface area contributed by atoms with Gasteiger partial charge in [-0.3, -0.25) is 4.79 Å². The van der Waals surface area contributed by atoms with Gasteiger partial charge in [-0.05, 0) is 30.9 Å². The van der Waals surface area contributed by atoms with E-state index in [0.29, 0.717) is 16.5 Å². The second kappa shape index (κ2) is 4.61. The Morgan fingerprint density at radius 3 is 2.57 bits per heavy atom. The highest BCUT2D eigenvalue weighted by molar-refractivity contribution is 6.31. The minimum atomic E-state index is 0.0580. The minimum absolute atomic E-state index is 0.0580. The van der Waals surface area contributed by atoms with Crippen LogP contribution in [0.2, 0.25) is 5.02 Å². The molecule has 0 saturated carbocycles. The Morgan fingerprint density at radius 2 is 2.14 bits per heavy atom. The number of Topliss-reactive ketones (excluding diaryl/α,β-unsaturated/α-hetero) is 1. The number of hydrogen-bond donors (Lipinski definition) is 0. The van der Waals surface area contributed by atoms with E-state index in [2.05, 4.69) is 13.8 Å². The van der Waals surface area contributed by atoms with E-state index in [1.165, 1.54) is 0 Å². The number of rotatable bonds is 3. The summed E-state index contributed by atoms with van der Waals surface area (Å²) in [5, 5.41) is 0.701. The van der Waals surface area contributed by atoms with Crippen LogP contribution in [0.3, 0.4) is 0 Å². The maximum Gasteiger partial charge on any atom is 0.159 e. The number of carbonyl (C=O) groups excluding carboxylic acids is 1. The smallest absolute Gasteiger partial charge is 0.159 e. The predicted octanol–water partition coefficient (Wildman–Crippen LogP) is 4.06. The molecule has 1 atom stereocenters. The molecule has 0 amide bonds. The molecule has 1 unspecified atom stereocenters. The van der Waals surface area contributed by atoms with Gasteiger partial charge < -0.3 is 0 Å². The van der Waals surface area contributed by atoms with Crippen LogP contribution in [0, 0.1) is 0 Å². The van der Waals surface area contributed by atoms with Crippen molar-refractivity contribution in [3.05, 3.63) is 34.3 Å². The van der Waals surface area contributed by atoms with Gasteiger partial charge in [-0.15, -0.1) is 0 Å². The number of benzene rings is 1. The molecular weight excluding hydrogens is 196 g/mol. The van der Waals surface area contributed by atoms with Crippen molar-refractivity contribution in [2.75, 3.05) is 0 Å². The van der Waals surface area contributed by atoms with E-state index in [0.717, 1.165) is 12.0 Å². The van der Waals surface area contributed by atoms with Crippen LogP contribution >= 0.6 is 11.6 Å². The predicted molar refractivity (Wildman–Crippen MR) is 60.2 cm³/mol. The van der Waals surface area contributed by atoms with E-state index in [-0.39, 0.29) is 5.78 Å². The van der Waals surface area contributed by atoms with Crippen molar-refractivity contribution in [2.45, 2.75) is 33.1 Å². The van der Waals surface area contributed by atoms with Crippen LogP contribution in [-0.4, -0.2) is 5.78 Å². The second-order valence-electron chi connectivity index (χ2n) is 3.60. The van der Waals surface area contributed by atoms with E-state index < -0.39 is 0 Å². The Balaban J connectivity index is 3.07. The average Bonchev–Trinajstić information content (AvgIpc) is 2.16. The molecule has 0 spiro atoms. The molecule has 2 heteroatoms. The van der Waals surface area contributed by atoms with Crippen LogP contribution in [0.4, 0.5) is 0 Å². The van der Waals surface area contributed by atoms with Gasteiger partial charge in [0.2, 0.25) is 0 Å². The van der Waals surface area contributed by atoms with Crippen molar-refractivity contribution in [1.82, 2.24) is 0 Å². The SMILES string of the molecule is CCC(C)c1ccc(C(C)=O)cc1Cl. The molecule has 1 rings (SSSR count). The first-order valence-corrected chi connectivity index (χ1v) is 5.24. The van der Waals surface area contributed by atoms with E-state index in [4.69, 9.17) is 11.6 Å². The summed E-state index contributed by atoms with van der Waals surface area (Å²) in [6.07, 6.45) is 1.05. The highest BCUT2D eigenvalue weighted by Crippen LogP contribution is 2.27. The first kappa shape index (κ1) is 11.3. The first-order valence-electron chi connectivity index (χ1n) is 4.86. The standard InChI is InChI=1S/C12H15ClO/c1-4-8(2)11-6-5-10(9(3)14)7-12(11)13/h5-8H,4H2,1-3H3. The summed E-state index contributed by atoms with van der Waals surface area (Å²) in [7, 11) is 0. The van der Waals surface area contributed by atoms with Crippen LogP contribution in [-0.2, 0) is 0 Å². The van der Waals surface area contributed by atoms with Gasteiger partial charge in [-0.2, -0.15) is 0 Å². The molecule has 0 heterocycles. The summed E-state index contributed by atoms with van der Waals surface area (Å²) in [6.45, 7) is 5.81. The summed E-state index contributed by atoms with van der Waals surface area (Å²) < 4.78 is 0. The zero-order valence-corrected chi connectivity index (χ0v) is 9.56. The topological polar surface area (TPSA) is 17.1 Å². The van der Waals surface area contributed by atoms with Gasteiger partial charge in [0.25, 0.3) is 0 Å². The lowest BCUT2D eigenvalue weighted by atomic mass is 9.97. The lowest BCUT2D eigenvalue weighted by Gasteiger charge is -2.11. The monoisotopic (exact) mass is 210 g/mol. The van der Waals surface area contributed by atoms with Gasteiger partial charge >= 0.3 is 0 Å². The largest absolute Gasteiger partial charge is 0.295 e. The molecule has 0 aliphatic rings. The fraction of sp³-hybridized carbons (Fsp3) is 0.417. The third-order valence-corrected chi connectivity index (χ3v) is 2.88. The zero-order chi connectivity index (χ0) is 10.7. The highest BCUT2D eigenvalue weighted by Gasteiger charge is 2.09. The highest BCUT2D eigenvalue weighted by atomic mass is 35.5. The molecule has 0 saturated heterocycles. The third kappa shape index (κ3) is 2.36. The van der Waals surface area contributed by atoms with Gasteiger partial charge in [-0.1, -0.05) is 37.6 Å². The van der Waals surface area contributed by atoms with Crippen LogP contribution < -0.4 is 0 Å². The molecule has 0 bridgehead atoms. The van der Waals surface area contributed by atoms with Gasteiger partial charge in [0.15, 0.2) is 5.78 Å². The van der Waals surface area contributed by atoms with E-state index in [9.17, 15) is 4.79 Å². The van der Waals surface area contributed by atoms with Gasteiger partial charge in [0, 0.05) is 10.6 Å². The maximum absolute atomic E-state index is 11.1. The van der Waals surface area contributed by atoms with Crippen molar-refractivity contribution in [1.29, 1.82) is 0 Å². The first-order chi connectivity index (χ1) is 6.56. The van der Waals surface area contributed by atoms with Crippen LogP contribution in [0.5, 0.6) is 0 Å². The molecule has 1 aromatic carbocycles. The normalized spacial score (nSPS) is 12.6. The quantitative estimate of drug-likeness (QED) is 0.688. The molecule has 0 aromatic heterocycles. The van der Waals surface area contributed by atoms with Crippen molar-refractivity contribution < 1.29 is 4.79 Å². The van der Waals surface area contributed by atoms with E-state index in [1.54, 1.807) is 13.0 Å². The van der Waals surface area contributed by atoms with Crippen molar-refractivity contribution in [3.63, 3.8) is 0 Å². The summed E-state index contributed by atoms with van der Waals surface area (Å²) in [5.41, 5.74) is 1.81. The molecule has 1 nitrogen and oxygen atoms in total. The number of ketones is 1. The van der Waals surface area contributed by atoms with Gasteiger partial charge in [-0.25, -0.2) is 0 Å². The molecular formula is C12H15ClO. The number of carbonyl (C=O) groups is 1. The molecule has 0 aliphatic carbocycles. The fourth-order valence-electron chi connectivity index (χ4n) is 1.37. The van der Waals surface area contributed by atoms with Crippen LogP contribution in [0.15, 0.2) is 18.2 Å².